The summed E-state index contributed by atoms with van der Waals surface area (Å²) in [7, 11) is 0. The number of rotatable bonds is 1. The standard InChI is InChI=1S/C9H18O4/c1-9(2,3)8-7(12)6(11)5(4-10)13-8/h5-8,10-12H,4H2,1-3H3/t5-,6?,7-,8-/m1/s1. The van der Waals surface area contributed by atoms with E-state index in [-0.39, 0.29) is 12.0 Å². The second kappa shape index (κ2) is 3.53. The Balaban J connectivity index is 2.71. The van der Waals surface area contributed by atoms with E-state index in [4.69, 9.17) is 9.84 Å². The Bertz CT molecular complexity index is 175. The second-order valence-corrected chi connectivity index (χ2v) is 4.62. The van der Waals surface area contributed by atoms with Crippen molar-refractivity contribution in [3.05, 3.63) is 0 Å². The Morgan fingerprint density at radius 3 is 1.92 bits per heavy atom. The summed E-state index contributed by atoms with van der Waals surface area (Å²) in [5.41, 5.74) is -0.232. The summed E-state index contributed by atoms with van der Waals surface area (Å²) in [6, 6.07) is 0. The minimum absolute atomic E-state index is 0.232. The first kappa shape index (κ1) is 10.9. The maximum absolute atomic E-state index is 9.61. The molecule has 1 fully saturated rings. The minimum atomic E-state index is -0.978. The van der Waals surface area contributed by atoms with E-state index in [1.165, 1.54) is 0 Å². The van der Waals surface area contributed by atoms with Crippen LogP contribution < -0.4 is 0 Å². The lowest BCUT2D eigenvalue weighted by molar-refractivity contribution is -0.0638. The van der Waals surface area contributed by atoms with Crippen molar-refractivity contribution in [1.82, 2.24) is 0 Å². The highest BCUT2D eigenvalue weighted by Crippen LogP contribution is 2.33. The highest BCUT2D eigenvalue weighted by molar-refractivity contribution is 4.95. The first-order valence-electron chi connectivity index (χ1n) is 4.50. The molecule has 1 aliphatic rings. The summed E-state index contributed by atoms with van der Waals surface area (Å²) in [4.78, 5) is 0. The van der Waals surface area contributed by atoms with Gasteiger partial charge in [0.05, 0.1) is 12.7 Å². The third-order valence-electron chi connectivity index (χ3n) is 2.40. The number of hydrogen-bond acceptors (Lipinski definition) is 4. The van der Waals surface area contributed by atoms with Gasteiger partial charge in [-0.1, -0.05) is 20.8 Å². The Morgan fingerprint density at radius 2 is 1.69 bits per heavy atom. The van der Waals surface area contributed by atoms with Crippen LogP contribution >= 0.6 is 0 Å². The van der Waals surface area contributed by atoms with E-state index in [0.717, 1.165) is 0 Å². The molecule has 1 rings (SSSR count). The summed E-state index contributed by atoms with van der Waals surface area (Å²) in [6.45, 7) is 5.51. The lowest BCUT2D eigenvalue weighted by atomic mass is 9.85. The third kappa shape index (κ3) is 2.02. The first-order chi connectivity index (χ1) is 5.88. The lowest BCUT2D eigenvalue weighted by Gasteiger charge is -2.28. The van der Waals surface area contributed by atoms with E-state index >= 15 is 0 Å². The molecule has 4 nitrogen and oxygen atoms in total. The fourth-order valence-corrected chi connectivity index (χ4v) is 1.62. The van der Waals surface area contributed by atoms with E-state index < -0.39 is 24.4 Å². The molecule has 78 valence electrons. The van der Waals surface area contributed by atoms with Gasteiger partial charge in [0, 0.05) is 0 Å². The summed E-state index contributed by atoms with van der Waals surface area (Å²) in [6.07, 6.45) is -2.95. The summed E-state index contributed by atoms with van der Waals surface area (Å²) >= 11 is 0. The van der Waals surface area contributed by atoms with Crippen LogP contribution in [0.4, 0.5) is 0 Å². The van der Waals surface area contributed by atoms with E-state index in [9.17, 15) is 10.2 Å². The molecule has 3 N–H and O–H groups in total. The van der Waals surface area contributed by atoms with Crippen molar-refractivity contribution >= 4 is 0 Å². The molecule has 4 heteroatoms. The Labute approximate surface area is 78.1 Å². The summed E-state index contributed by atoms with van der Waals surface area (Å²) < 4.78 is 5.35. The highest BCUT2D eigenvalue weighted by atomic mass is 16.6. The highest BCUT2D eigenvalue weighted by Gasteiger charge is 2.47. The van der Waals surface area contributed by atoms with E-state index in [2.05, 4.69) is 0 Å². The molecule has 1 unspecified atom stereocenters. The van der Waals surface area contributed by atoms with Crippen molar-refractivity contribution in [2.75, 3.05) is 6.61 Å². The maximum Gasteiger partial charge on any atom is 0.111 e. The molecule has 1 heterocycles. The average molecular weight is 190 g/mol. The Hall–Kier alpha value is -0.160. The third-order valence-corrected chi connectivity index (χ3v) is 2.40. The van der Waals surface area contributed by atoms with Gasteiger partial charge in [-0.2, -0.15) is 0 Å². The van der Waals surface area contributed by atoms with E-state index in [0.29, 0.717) is 0 Å². The predicted octanol–water partition coefficient (Wildman–Crippen LogP) is -0.486. The molecule has 4 atom stereocenters. The van der Waals surface area contributed by atoms with Gasteiger partial charge in [-0.3, -0.25) is 0 Å². The van der Waals surface area contributed by atoms with Gasteiger partial charge in [-0.15, -0.1) is 0 Å². The molecule has 0 amide bonds. The van der Waals surface area contributed by atoms with Crippen molar-refractivity contribution in [3.8, 4) is 0 Å². The fourth-order valence-electron chi connectivity index (χ4n) is 1.62. The van der Waals surface area contributed by atoms with Crippen molar-refractivity contribution in [2.24, 2.45) is 5.41 Å². The lowest BCUT2D eigenvalue weighted by Crippen LogP contribution is -2.39. The van der Waals surface area contributed by atoms with Crippen LogP contribution in [0.3, 0.4) is 0 Å². The predicted molar refractivity (Wildman–Crippen MR) is 47.2 cm³/mol. The molecule has 0 saturated carbocycles. The van der Waals surface area contributed by atoms with Gasteiger partial charge in [0.2, 0.25) is 0 Å². The summed E-state index contributed by atoms with van der Waals surface area (Å²) in [5, 5.41) is 27.9. The SMILES string of the molecule is CC(C)(C)[C@@H]1O[C@H](CO)C(O)[C@H]1O. The van der Waals surface area contributed by atoms with Crippen LogP contribution in [0.25, 0.3) is 0 Å². The van der Waals surface area contributed by atoms with Crippen LogP contribution in [-0.2, 0) is 4.74 Å². The van der Waals surface area contributed by atoms with Crippen molar-refractivity contribution in [2.45, 2.75) is 45.2 Å². The zero-order chi connectivity index (χ0) is 10.2. The summed E-state index contributed by atoms with van der Waals surface area (Å²) in [5.74, 6) is 0. The molecule has 0 aromatic carbocycles. The normalized spacial score (nSPS) is 41.1. The van der Waals surface area contributed by atoms with Gasteiger partial charge in [0.25, 0.3) is 0 Å². The molecule has 1 saturated heterocycles. The molecule has 0 spiro atoms. The molecular formula is C9H18O4. The largest absolute Gasteiger partial charge is 0.394 e. The number of ether oxygens (including phenoxy) is 1. The molecule has 13 heavy (non-hydrogen) atoms. The van der Waals surface area contributed by atoms with Crippen LogP contribution in [-0.4, -0.2) is 46.3 Å². The Kier molecular flexibility index (Phi) is 2.97. The average Bonchev–Trinajstić information content (AvgIpc) is 2.28. The van der Waals surface area contributed by atoms with Gasteiger partial charge in [0.15, 0.2) is 0 Å². The van der Waals surface area contributed by atoms with E-state index in [1.807, 2.05) is 20.8 Å². The molecule has 0 aliphatic carbocycles. The van der Waals surface area contributed by atoms with Crippen LogP contribution in [0.2, 0.25) is 0 Å². The van der Waals surface area contributed by atoms with Gasteiger partial charge in [-0.05, 0) is 5.41 Å². The number of hydrogen-bond donors (Lipinski definition) is 3. The van der Waals surface area contributed by atoms with Crippen LogP contribution in [0.15, 0.2) is 0 Å². The molecule has 0 aromatic rings. The first-order valence-corrected chi connectivity index (χ1v) is 4.50. The van der Waals surface area contributed by atoms with Crippen LogP contribution in [0.5, 0.6) is 0 Å². The zero-order valence-corrected chi connectivity index (χ0v) is 8.27. The monoisotopic (exact) mass is 190 g/mol. The van der Waals surface area contributed by atoms with Crippen LogP contribution in [0.1, 0.15) is 20.8 Å². The maximum atomic E-state index is 9.61. The van der Waals surface area contributed by atoms with Crippen molar-refractivity contribution < 1.29 is 20.1 Å². The number of aliphatic hydroxyl groups is 3. The number of aliphatic hydroxyl groups excluding tert-OH is 3. The minimum Gasteiger partial charge on any atom is -0.394 e. The zero-order valence-electron chi connectivity index (χ0n) is 8.27. The topological polar surface area (TPSA) is 69.9 Å². The molecule has 0 radical (unpaired) electrons. The van der Waals surface area contributed by atoms with Gasteiger partial charge >= 0.3 is 0 Å². The molecule has 1 aliphatic heterocycles. The van der Waals surface area contributed by atoms with Crippen LogP contribution in [0, 0.1) is 5.41 Å². The van der Waals surface area contributed by atoms with Gasteiger partial charge in [-0.25, -0.2) is 0 Å². The quantitative estimate of drug-likeness (QED) is 0.522. The van der Waals surface area contributed by atoms with E-state index in [1.54, 1.807) is 0 Å². The molecular weight excluding hydrogens is 172 g/mol. The smallest absolute Gasteiger partial charge is 0.111 e. The molecule has 0 bridgehead atoms. The Morgan fingerprint density at radius 1 is 1.15 bits per heavy atom. The van der Waals surface area contributed by atoms with Crippen molar-refractivity contribution in [3.63, 3.8) is 0 Å². The molecule has 0 aromatic heterocycles. The fraction of sp³-hybridized carbons (Fsp3) is 1.00. The van der Waals surface area contributed by atoms with Gasteiger partial charge in [0.1, 0.15) is 18.3 Å². The van der Waals surface area contributed by atoms with Gasteiger partial charge < -0.3 is 20.1 Å². The van der Waals surface area contributed by atoms with Crippen molar-refractivity contribution in [1.29, 1.82) is 0 Å². The second-order valence-electron chi connectivity index (χ2n) is 4.62.